The molecule has 2 aromatic rings. The molecule has 0 unspecified atom stereocenters. The van der Waals surface area contributed by atoms with E-state index < -0.39 is 8.07 Å². The minimum absolute atomic E-state index is 0.606. The van der Waals surface area contributed by atoms with Gasteiger partial charge in [0.05, 0.1) is 11.0 Å². The Bertz CT molecular complexity index is 485. The van der Waals surface area contributed by atoms with E-state index in [9.17, 15) is 0 Å². The molecule has 0 saturated carbocycles. The highest BCUT2D eigenvalue weighted by molar-refractivity contribution is 6.88. The first kappa shape index (κ1) is 11.4. The lowest BCUT2D eigenvalue weighted by Crippen LogP contribution is -2.38. The zero-order chi connectivity index (χ0) is 11.8. The van der Waals surface area contributed by atoms with Gasteiger partial charge in [-0.05, 0) is 18.2 Å². The summed E-state index contributed by atoms with van der Waals surface area (Å²) in [7, 11) is -1.39. The van der Waals surface area contributed by atoms with Gasteiger partial charge in [0.25, 0.3) is 0 Å². The van der Waals surface area contributed by atoms with Crippen molar-refractivity contribution in [2.24, 2.45) is 0 Å². The summed E-state index contributed by atoms with van der Waals surface area (Å²) in [5, 5.41) is 10.0. The number of benzene rings is 1. The van der Waals surface area contributed by atoms with Gasteiger partial charge in [0.15, 0.2) is 0 Å². The van der Waals surface area contributed by atoms with Crippen molar-refractivity contribution in [3.05, 3.63) is 35.5 Å². The van der Waals surface area contributed by atoms with Gasteiger partial charge in [0.1, 0.15) is 8.07 Å². The summed E-state index contributed by atoms with van der Waals surface area (Å²) >= 11 is 5.78. The van der Waals surface area contributed by atoms with Crippen LogP contribution in [-0.4, -0.2) is 23.1 Å². The zero-order valence-corrected chi connectivity index (χ0v) is 11.3. The molecule has 0 amide bonds. The van der Waals surface area contributed by atoms with E-state index in [1.54, 1.807) is 10.7 Å². The highest BCUT2D eigenvalue weighted by Gasteiger charge is 2.20. The Hall–Kier alpha value is -1.13. The molecule has 0 aliphatic heterocycles. The third kappa shape index (κ3) is 2.33. The second-order valence-electron chi connectivity index (χ2n) is 4.69. The molecule has 1 aromatic carbocycles. The van der Waals surface area contributed by atoms with E-state index >= 15 is 0 Å². The molecule has 1 radical (unpaired) electrons. The van der Waals surface area contributed by atoms with Gasteiger partial charge in [0, 0.05) is 17.3 Å². The lowest BCUT2D eigenvalue weighted by atomic mass is 10.3. The van der Waals surface area contributed by atoms with Crippen LogP contribution in [0.5, 0.6) is 0 Å². The van der Waals surface area contributed by atoms with E-state index in [0.29, 0.717) is 5.02 Å². The molecule has 3 nitrogen and oxygen atoms in total. The van der Waals surface area contributed by atoms with E-state index in [-0.39, 0.29) is 0 Å². The second-order valence-corrected chi connectivity index (χ2v) is 10.1. The van der Waals surface area contributed by atoms with Crippen molar-refractivity contribution in [3.8, 4) is 5.69 Å². The third-order valence-corrected chi connectivity index (χ3v) is 4.29. The van der Waals surface area contributed by atoms with Crippen LogP contribution < -0.4 is 5.32 Å². The van der Waals surface area contributed by atoms with Crippen molar-refractivity contribution < 1.29 is 0 Å². The smallest absolute Gasteiger partial charge is 0.106 e. The summed E-state index contributed by atoms with van der Waals surface area (Å²) in [5.74, 6) is 0. The van der Waals surface area contributed by atoms with Crippen molar-refractivity contribution >= 4 is 25.0 Å². The molecule has 0 spiro atoms. The Balaban J connectivity index is 2.35. The van der Waals surface area contributed by atoms with Gasteiger partial charge >= 0.3 is 0 Å². The average molecular weight is 251 g/mol. The summed E-state index contributed by atoms with van der Waals surface area (Å²) in [4.78, 5) is 0. The number of hydrogen-bond donors (Lipinski definition) is 0. The van der Waals surface area contributed by atoms with E-state index in [1.165, 1.54) is 0 Å². The van der Waals surface area contributed by atoms with E-state index in [2.05, 4.69) is 36.0 Å². The molecule has 1 heterocycles. The SMILES string of the molecule is C[Si](C)(C)c1cn(-c2c[c]c(Cl)cc2)nn1. The number of aromatic nitrogens is 3. The molecular weight excluding hydrogens is 238 g/mol. The summed E-state index contributed by atoms with van der Waals surface area (Å²) < 4.78 is 1.76. The zero-order valence-electron chi connectivity index (χ0n) is 9.53. The van der Waals surface area contributed by atoms with E-state index in [4.69, 9.17) is 11.6 Å². The summed E-state index contributed by atoms with van der Waals surface area (Å²) in [6.07, 6.45) is 1.99. The maximum atomic E-state index is 5.78. The lowest BCUT2D eigenvalue weighted by Gasteiger charge is -2.09. The maximum Gasteiger partial charge on any atom is 0.106 e. The lowest BCUT2D eigenvalue weighted by molar-refractivity contribution is 0.804. The Kier molecular flexibility index (Phi) is 2.86. The number of halogens is 1. The summed E-state index contributed by atoms with van der Waals surface area (Å²) in [5.41, 5.74) is 0.932. The van der Waals surface area contributed by atoms with Gasteiger partial charge in [0.2, 0.25) is 0 Å². The Morgan fingerprint density at radius 1 is 1.31 bits per heavy atom. The van der Waals surface area contributed by atoms with Crippen molar-refractivity contribution in [3.63, 3.8) is 0 Å². The number of rotatable bonds is 2. The largest absolute Gasteiger partial charge is 0.221 e. The average Bonchev–Trinajstić information content (AvgIpc) is 2.67. The minimum Gasteiger partial charge on any atom is -0.221 e. The van der Waals surface area contributed by atoms with Gasteiger partial charge in [-0.25, -0.2) is 4.68 Å². The molecule has 1 aromatic heterocycles. The van der Waals surface area contributed by atoms with Gasteiger partial charge in [-0.1, -0.05) is 36.5 Å². The monoisotopic (exact) mass is 250 g/mol. The Morgan fingerprint density at radius 2 is 2.06 bits per heavy atom. The van der Waals surface area contributed by atoms with Crippen LogP contribution in [-0.2, 0) is 0 Å². The molecule has 0 aliphatic carbocycles. The Labute approximate surface area is 101 Å². The summed E-state index contributed by atoms with van der Waals surface area (Å²) in [6.45, 7) is 6.74. The highest BCUT2D eigenvalue weighted by atomic mass is 35.5. The maximum absolute atomic E-state index is 5.78. The predicted molar refractivity (Wildman–Crippen MR) is 68.2 cm³/mol. The van der Waals surface area contributed by atoms with Gasteiger partial charge in [-0.3, -0.25) is 0 Å². The normalized spacial score (nSPS) is 11.8. The first-order chi connectivity index (χ1) is 7.47. The number of hydrogen-bond acceptors (Lipinski definition) is 2. The van der Waals surface area contributed by atoms with Gasteiger partial charge in [-0.2, -0.15) is 0 Å². The first-order valence-electron chi connectivity index (χ1n) is 5.07. The molecule has 0 aliphatic rings. The van der Waals surface area contributed by atoms with Crippen molar-refractivity contribution in [2.45, 2.75) is 19.6 Å². The molecule has 5 heteroatoms. The number of nitrogens with zero attached hydrogens (tertiary/aromatic N) is 3. The fraction of sp³-hybridized carbons (Fsp3) is 0.273. The van der Waals surface area contributed by atoms with Crippen LogP contribution in [0.4, 0.5) is 0 Å². The van der Waals surface area contributed by atoms with Crippen LogP contribution in [0.1, 0.15) is 0 Å². The fourth-order valence-electron chi connectivity index (χ4n) is 1.27. The van der Waals surface area contributed by atoms with Crippen LogP contribution in [0, 0.1) is 6.07 Å². The topological polar surface area (TPSA) is 30.7 Å². The predicted octanol–water partition coefficient (Wildman–Crippen LogP) is 2.27. The molecule has 83 valence electrons. The molecule has 0 bridgehead atoms. The quantitative estimate of drug-likeness (QED) is 0.766. The Morgan fingerprint density at radius 3 is 2.56 bits per heavy atom. The van der Waals surface area contributed by atoms with E-state index in [0.717, 1.165) is 11.0 Å². The van der Waals surface area contributed by atoms with Gasteiger partial charge < -0.3 is 0 Å². The van der Waals surface area contributed by atoms with Crippen molar-refractivity contribution in [2.75, 3.05) is 0 Å². The highest BCUT2D eigenvalue weighted by Crippen LogP contribution is 2.11. The molecular formula is C11H13ClN3Si. The molecule has 16 heavy (non-hydrogen) atoms. The standard InChI is InChI=1S/C11H13ClN3Si/c1-16(2,3)11-8-15(14-13-11)10-6-4-9(12)5-7-10/h4,6-8H,1-3H3. The van der Waals surface area contributed by atoms with Crippen LogP contribution in [0.2, 0.25) is 24.7 Å². The molecule has 0 fully saturated rings. The third-order valence-electron chi connectivity index (χ3n) is 2.28. The second kappa shape index (κ2) is 4.03. The summed E-state index contributed by atoms with van der Waals surface area (Å²) in [6, 6.07) is 8.45. The van der Waals surface area contributed by atoms with Crippen molar-refractivity contribution in [1.82, 2.24) is 15.0 Å². The van der Waals surface area contributed by atoms with Crippen LogP contribution in [0.3, 0.4) is 0 Å². The molecule has 0 saturated heterocycles. The van der Waals surface area contributed by atoms with Crippen LogP contribution in [0.15, 0.2) is 24.4 Å². The van der Waals surface area contributed by atoms with Crippen molar-refractivity contribution in [1.29, 1.82) is 0 Å². The molecule has 0 atom stereocenters. The van der Waals surface area contributed by atoms with Crippen LogP contribution in [0.25, 0.3) is 5.69 Å². The van der Waals surface area contributed by atoms with Gasteiger partial charge in [-0.15, -0.1) is 5.10 Å². The molecule has 2 rings (SSSR count). The first-order valence-corrected chi connectivity index (χ1v) is 8.95. The molecule has 0 N–H and O–H groups in total. The van der Waals surface area contributed by atoms with E-state index in [1.807, 2.05) is 18.3 Å². The minimum atomic E-state index is -1.39. The van der Waals surface area contributed by atoms with Crippen LogP contribution >= 0.6 is 11.6 Å². The fourth-order valence-corrected chi connectivity index (χ4v) is 2.25.